The molecular formula is C7H8N4O3. The van der Waals surface area contributed by atoms with Crippen molar-refractivity contribution in [2.24, 2.45) is 10.2 Å². The molecule has 0 amide bonds. The van der Waals surface area contributed by atoms with Crippen LogP contribution in [0.1, 0.15) is 6.92 Å². The van der Waals surface area contributed by atoms with E-state index in [4.69, 9.17) is 5.11 Å². The molecule has 0 saturated carbocycles. The number of aliphatic carboxylic acids is 1. The third-order valence-corrected chi connectivity index (χ3v) is 1.39. The smallest absolute Gasteiger partial charge is 0.338 e. The normalized spacial score (nSPS) is 12.9. The lowest BCUT2D eigenvalue weighted by Gasteiger charge is -1.98. The number of carbonyl (C=O) groups is 2. The standard InChI is InChI=1S/C7H8N4O3/c1-4(12)6(7(13)14)11-10-5-2-8-9-3-5/h2-3,6H,1H3,(H,8,9)(H,13,14). The first kappa shape index (κ1) is 10.0. The van der Waals surface area contributed by atoms with Gasteiger partial charge in [0.1, 0.15) is 5.69 Å². The number of Topliss-reactive ketones (excluding diaryl/α,β-unsaturated/α-hetero) is 1. The maximum absolute atomic E-state index is 10.8. The van der Waals surface area contributed by atoms with Crippen molar-refractivity contribution < 1.29 is 14.7 Å². The van der Waals surface area contributed by atoms with Gasteiger partial charge in [-0.2, -0.15) is 15.3 Å². The number of aromatic nitrogens is 2. The average molecular weight is 196 g/mol. The van der Waals surface area contributed by atoms with Crippen molar-refractivity contribution in [1.82, 2.24) is 10.2 Å². The van der Waals surface area contributed by atoms with Gasteiger partial charge in [-0.25, -0.2) is 4.79 Å². The van der Waals surface area contributed by atoms with Crippen LogP contribution in [0.25, 0.3) is 0 Å². The van der Waals surface area contributed by atoms with Crippen molar-refractivity contribution in [1.29, 1.82) is 0 Å². The molecule has 7 heteroatoms. The maximum atomic E-state index is 10.8. The molecular weight excluding hydrogens is 188 g/mol. The molecule has 1 rings (SSSR count). The monoisotopic (exact) mass is 196 g/mol. The number of carbonyl (C=O) groups excluding carboxylic acids is 1. The predicted molar refractivity (Wildman–Crippen MR) is 45.2 cm³/mol. The fourth-order valence-electron chi connectivity index (χ4n) is 0.728. The van der Waals surface area contributed by atoms with Gasteiger partial charge in [0.25, 0.3) is 0 Å². The number of azo groups is 1. The van der Waals surface area contributed by atoms with Crippen LogP contribution in [-0.2, 0) is 9.59 Å². The van der Waals surface area contributed by atoms with Gasteiger partial charge in [-0.15, -0.1) is 0 Å². The molecule has 1 heterocycles. The van der Waals surface area contributed by atoms with Crippen LogP contribution in [0, 0.1) is 0 Å². The minimum absolute atomic E-state index is 0.373. The molecule has 14 heavy (non-hydrogen) atoms. The maximum Gasteiger partial charge on any atom is 0.338 e. The number of hydrogen-bond acceptors (Lipinski definition) is 5. The fraction of sp³-hybridized carbons (Fsp3) is 0.286. The first-order chi connectivity index (χ1) is 6.61. The number of carboxylic acid groups (broad SMARTS) is 1. The molecule has 1 aromatic rings. The van der Waals surface area contributed by atoms with Gasteiger partial charge in [0.05, 0.1) is 6.20 Å². The number of carboxylic acids is 1. The Kier molecular flexibility index (Phi) is 3.05. The molecule has 0 aliphatic heterocycles. The van der Waals surface area contributed by atoms with Crippen molar-refractivity contribution in [3.8, 4) is 0 Å². The Morgan fingerprint density at radius 1 is 1.64 bits per heavy atom. The highest BCUT2D eigenvalue weighted by Crippen LogP contribution is 2.08. The largest absolute Gasteiger partial charge is 0.479 e. The average Bonchev–Trinajstić information content (AvgIpc) is 2.55. The van der Waals surface area contributed by atoms with Crippen molar-refractivity contribution in [3.63, 3.8) is 0 Å². The second-order valence-corrected chi connectivity index (χ2v) is 2.52. The lowest BCUT2D eigenvalue weighted by molar-refractivity contribution is -0.141. The molecule has 0 fully saturated rings. The van der Waals surface area contributed by atoms with Crippen LogP contribution in [0.15, 0.2) is 22.6 Å². The molecule has 1 aromatic heterocycles. The SMILES string of the molecule is CC(=O)C(N=Nc1cn[nH]c1)C(=O)O. The van der Waals surface area contributed by atoms with Gasteiger partial charge in [0, 0.05) is 6.20 Å². The zero-order valence-corrected chi connectivity index (χ0v) is 7.34. The lowest BCUT2D eigenvalue weighted by Crippen LogP contribution is -2.25. The lowest BCUT2D eigenvalue weighted by atomic mass is 10.2. The van der Waals surface area contributed by atoms with E-state index in [9.17, 15) is 9.59 Å². The van der Waals surface area contributed by atoms with Gasteiger partial charge >= 0.3 is 5.97 Å². The van der Waals surface area contributed by atoms with Crippen LogP contribution in [0.5, 0.6) is 0 Å². The Morgan fingerprint density at radius 2 is 2.36 bits per heavy atom. The fourth-order valence-corrected chi connectivity index (χ4v) is 0.728. The van der Waals surface area contributed by atoms with Crippen molar-refractivity contribution in [2.75, 3.05) is 0 Å². The van der Waals surface area contributed by atoms with Crippen LogP contribution < -0.4 is 0 Å². The molecule has 0 aliphatic rings. The molecule has 1 atom stereocenters. The van der Waals surface area contributed by atoms with Crippen molar-refractivity contribution in [2.45, 2.75) is 13.0 Å². The minimum Gasteiger partial charge on any atom is -0.479 e. The van der Waals surface area contributed by atoms with E-state index >= 15 is 0 Å². The van der Waals surface area contributed by atoms with Crippen LogP contribution in [0.2, 0.25) is 0 Å². The molecule has 1 unspecified atom stereocenters. The van der Waals surface area contributed by atoms with E-state index in [0.29, 0.717) is 5.69 Å². The number of H-pyrrole nitrogens is 1. The van der Waals surface area contributed by atoms with Crippen molar-refractivity contribution in [3.05, 3.63) is 12.4 Å². The second-order valence-electron chi connectivity index (χ2n) is 2.52. The molecule has 0 radical (unpaired) electrons. The van der Waals surface area contributed by atoms with Gasteiger partial charge in [0.15, 0.2) is 5.78 Å². The topological polar surface area (TPSA) is 108 Å². The van der Waals surface area contributed by atoms with Gasteiger partial charge in [0.2, 0.25) is 6.04 Å². The molecule has 7 nitrogen and oxygen atoms in total. The summed E-state index contributed by atoms with van der Waals surface area (Å²) in [5.41, 5.74) is 0.373. The summed E-state index contributed by atoms with van der Waals surface area (Å²) in [6, 6.07) is -1.44. The Balaban J connectivity index is 2.74. The molecule has 0 bridgehead atoms. The molecule has 74 valence electrons. The Morgan fingerprint density at radius 3 is 2.79 bits per heavy atom. The number of aromatic amines is 1. The summed E-state index contributed by atoms with van der Waals surface area (Å²) in [6.45, 7) is 1.15. The Bertz CT molecular complexity index is 343. The predicted octanol–water partition coefficient (Wildman–Crippen LogP) is 0.536. The zero-order valence-electron chi connectivity index (χ0n) is 7.34. The zero-order chi connectivity index (χ0) is 10.6. The van der Waals surface area contributed by atoms with E-state index in [1.807, 2.05) is 0 Å². The Labute approximate surface area is 78.9 Å². The van der Waals surface area contributed by atoms with E-state index in [1.165, 1.54) is 12.4 Å². The first-order valence-corrected chi connectivity index (χ1v) is 3.74. The van der Waals surface area contributed by atoms with Crippen molar-refractivity contribution >= 4 is 17.4 Å². The van der Waals surface area contributed by atoms with Gasteiger partial charge in [-0.05, 0) is 6.92 Å². The number of ketones is 1. The summed E-state index contributed by atoms with van der Waals surface area (Å²) in [7, 11) is 0. The van der Waals surface area contributed by atoms with Crippen LogP contribution in [0.3, 0.4) is 0 Å². The molecule has 0 aromatic carbocycles. The number of nitrogens with zero attached hydrogens (tertiary/aromatic N) is 3. The van der Waals surface area contributed by atoms with Gasteiger partial charge < -0.3 is 5.11 Å². The third kappa shape index (κ3) is 2.47. The van der Waals surface area contributed by atoms with Gasteiger partial charge in [-0.3, -0.25) is 9.89 Å². The van der Waals surface area contributed by atoms with E-state index in [-0.39, 0.29) is 0 Å². The number of hydrogen-bond donors (Lipinski definition) is 2. The summed E-state index contributed by atoms with van der Waals surface area (Å²) in [5.74, 6) is -1.88. The third-order valence-electron chi connectivity index (χ3n) is 1.39. The highest BCUT2D eigenvalue weighted by atomic mass is 16.4. The van der Waals surface area contributed by atoms with Crippen LogP contribution in [0.4, 0.5) is 5.69 Å². The second kappa shape index (κ2) is 4.26. The molecule has 0 spiro atoms. The summed E-state index contributed by atoms with van der Waals surface area (Å²) >= 11 is 0. The quantitative estimate of drug-likeness (QED) is 0.541. The van der Waals surface area contributed by atoms with E-state index in [2.05, 4.69) is 20.4 Å². The van der Waals surface area contributed by atoms with Gasteiger partial charge in [-0.1, -0.05) is 0 Å². The van der Waals surface area contributed by atoms with E-state index in [0.717, 1.165) is 6.92 Å². The van der Waals surface area contributed by atoms with E-state index < -0.39 is 17.8 Å². The van der Waals surface area contributed by atoms with E-state index in [1.54, 1.807) is 0 Å². The minimum atomic E-state index is -1.44. The number of nitrogens with one attached hydrogen (secondary N) is 1. The van der Waals surface area contributed by atoms with Crippen LogP contribution in [-0.4, -0.2) is 33.1 Å². The highest BCUT2D eigenvalue weighted by Gasteiger charge is 2.21. The molecule has 2 N–H and O–H groups in total. The molecule has 0 saturated heterocycles. The summed E-state index contributed by atoms with van der Waals surface area (Å²) in [5, 5.41) is 21.5. The highest BCUT2D eigenvalue weighted by molar-refractivity contribution is 6.01. The van der Waals surface area contributed by atoms with Crippen LogP contribution >= 0.6 is 0 Å². The Hall–Kier alpha value is -2.05. The number of rotatable bonds is 4. The first-order valence-electron chi connectivity index (χ1n) is 3.74. The summed E-state index contributed by atoms with van der Waals surface area (Å²) < 4.78 is 0. The molecule has 0 aliphatic carbocycles. The summed E-state index contributed by atoms with van der Waals surface area (Å²) in [4.78, 5) is 21.3. The summed E-state index contributed by atoms with van der Waals surface area (Å²) in [6.07, 6.45) is 2.80.